The largest absolute Gasteiger partial charge is 0.370 e. The van der Waals surface area contributed by atoms with Gasteiger partial charge in [0.2, 0.25) is 0 Å². The fourth-order valence-corrected chi connectivity index (χ4v) is 1.10. The quantitative estimate of drug-likeness (QED) is 0.375. The summed E-state index contributed by atoms with van der Waals surface area (Å²) in [5, 5.41) is 0. The summed E-state index contributed by atoms with van der Waals surface area (Å²) in [4.78, 5) is 0. The predicted octanol–water partition coefficient (Wildman–Crippen LogP) is 6.55. The van der Waals surface area contributed by atoms with Crippen molar-refractivity contribution < 1.29 is 34.2 Å². The van der Waals surface area contributed by atoms with E-state index in [1.165, 1.54) is 17.7 Å². The van der Waals surface area contributed by atoms with Gasteiger partial charge < -0.3 is 0 Å². The molecule has 22 heavy (non-hydrogen) atoms. The molecule has 0 aliphatic rings. The average molecular weight is 481 g/mol. The molecule has 0 fully saturated rings. The van der Waals surface area contributed by atoms with Gasteiger partial charge in [-0.15, -0.1) is 0 Å². The van der Waals surface area contributed by atoms with Crippen molar-refractivity contribution in [2.75, 3.05) is 0 Å². The number of hydrogen-bond donors (Lipinski definition) is 0. The van der Waals surface area contributed by atoms with Gasteiger partial charge in [-0.2, -0.15) is 43.5 Å². The minimum absolute atomic E-state index is 0. The number of rotatable bonds is 0. The maximum absolute atomic E-state index is 11.8. The van der Waals surface area contributed by atoms with Crippen molar-refractivity contribution in [2.24, 2.45) is 0 Å². The van der Waals surface area contributed by atoms with Gasteiger partial charge >= 0.3 is 6.18 Å². The van der Waals surface area contributed by atoms with Crippen LogP contribution in [-0.4, -0.2) is 0 Å². The molecule has 0 aliphatic carbocycles. The number of halogens is 3. The van der Waals surface area contributed by atoms with Gasteiger partial charge in [0.05, 0.1) is 0 Å². The van der Waals surface area contributed by atoms with Crippen LogP contribution in [0.1, 0.15) is 38.8 Å². The molecule has 4 heteroatoms. The molecule has 0 radical (unpaired) electrons. The van der Waals surface area contributed by atoms with Gasteiger partial charge in [-0.25, -0.2) is 0 Å². The van der Waals surface area contributed by atoms with Crippen molar-refractivity contribution in [3.05, 3.63) is 71.8 Å². The van der Waals surface area contributed by atoms with Gasteiger partial charge in [-0.3, -0.25) is 0 Å². The molecule has 0 N–H and O–H groups in total. The molecule has 0 atom stereocenters. The summed E-state index contributed by atoms with van der Waals surface area (Å²) in [6, 6.07) is 17.3. The Labute approximate surface area is 147 Å². The number of alkyl halides is 3. The van der Waals surface area contributed by atoms with E-state index >= 15 is 0 Å². The Balaban J connectivity index is -0.000000266. The third-order valence-corrected chi connectivity index (χ3v) is 1.97. The fraction of sp³-hybridized carbons (Fsp3) is 0.333. The summed E-state index contributed by atoms with van der Waals surface area (Å²) in [7, 11) is 0. The van der Waals surface area contributed by atoms with E-state index in [0.29, 0.717) is 0 Å². The molecule has 0 aromatic heterocycles. The maximum atomic E-state index is 11.8. The molecule has 2 aromatic rings. The molecule has 124 valence electrons. The van der Waals surface area contributed by atoms with Crippen LogP contribution < -0.4 is 0 Å². The van der Waals surface area contributed by atoms with Crippen LogP contribution in [0.2, 0.25) is 0 Å². The normalized spacial score (nSPS) is 8.55. The average Bonchev–Trinajstić information content (AvgIpc) is 2.53. The first kappa shape index (κ1) is 25.8. The van der Waals surface area contributed by atoms with E-state index in [2.05, 4.69) is 25.1 Å². The molecule has 0 heterocycles. The molecule has 0 bridgehead atoms. The van der Waals surface area contributed by atoms with Gasteiger partial charge in [0.1, 0.15) is 0 Å². The minimum atomic E-state index is -4.24. The molecule has 0 amide bonds. The van der Waals surface area contributed by atoms with Crippen molar-refractivity contribution >= 4 is 0 Å². The van der Waals surface area contributed by atoms with Gasteiger partial charge in [0.25, 0.3) is 0 Å². The molecule has 0 saturated heterocycles. The molecular weight excluding hydrogens is 457 g/mol. The Morgan fingerprint density at radius 1 is 0.818 bits per heavy atom. The molecule has 0 unspecified atom stereocenters. The van der Waals surface area contributed by atoms with Gasteiger partial charge in [-0.1, -0.05) is 69.2 Å². The van der Waals surface area contributed by atoms with Crippen LogP contribution >= 0.6 is 0 Å². The van der Waals surface area contributed by atoms with Gasteiger partial charge in [0.15, 0.2) is 0 Å². The number of hydrogen-bond acceptors (Lipinski definition) is 0. The first-order valence-corrected chi connectivity index (χ1v) is 7.05. The first-order chi connectivity index (χ1) is 10.00. The molecular formula is C18H24F3W-. The smallest absolute Gasteiger partial charge is 0.183 e. The fourth-order valence-electron chi connectivity index (χ4n) is 1.10. The monoisotopic (exact) mass is 481 g/mol. The molecule has 0 spiro atoms. The van der Waals surface area contributed by atoms with Crippen molar-refractivity contribution in [1.82, 2.24) is 0 Å². The zero-order valence-electron chi connectivity index (χ0n) is 13.7. The summed E-state index contributed by atoms with van der Waals surface area (Å²) in [5.74, 6) is 0. The van der Waals surface area contributed by atoms with Crippen LogP contribution in [0.3, 0.4) is 0 Å². The summed E-state index contributed by atoms with van der Waals surface area (Å²) in [5.41, 5.74) is 0.664. The molecule has 0 aliphatic heterocycles. The Bertz CT molecular complexity index is 425. The van der Waals surface area contributed by atoms with Crippen molar-refractivity contribution in [3.8, 4) is 0 Å². The first-order valence-electron chi connectivity index (χ1n) is 7.05. The second-order valence-electron chi connectivity index (χ2n) is 3.44. The SMILES string of the molecule is CC.CC.Cc1ccccc1.FC(F)(F)c1c[c-]ccc1.[W]. The van der Waals surface area contributed by atoms with E-state index in [1.54, 1.807) is 0 Å². The summed E-state index contributed by atoms with van der Waals surface area (Å²) in [6.45, 7) is 10.1. The van der Waals surface area contributed by atoms with Crippen LogP contribution in [0.25, 0.3) is 0 Å². The van der Waals surface area contributed by atoms with E-state index in [4.69, 9.17) is 0 Å². The van der Waals surface area contributed by atoms with Crippen LogP contribution in [0.4, 0.5) is 13.2 Å². The van der Waals surface area contributed by atoms with E-state index in [0.717, 1.165) is 12.1 Å². The van der Waals surface area contributed by atoms with Crippen LogP contribution in [-0.2, 0) is 27.2 Å². The van der Waals surface area contributed by atoms with Crippen LogP contribution in [0.5, 0.6) is 0 Å². The van der Waals surface area contributed by atoms with Crippen molar-refractivity contribution in [3.63, 3.8) is 0 Å². The Morgan fingerprint density at radius 2 is 1.32 bits per heavy atom. The topological polar surface area (TPSA) is 0 Å². The summed E-state index contributed by atoms with van der Waals surface area (Å²) < 4.78 is 35.3. The maximum Gasteiger partial charge on any atom is 0.370 e. The number of aryl methyl sites for hydroxylation is 1. The Kier molecular flexibility index (Phi) is 19.1. The van der Waals surface area contributed by atoms with Gasteiger partial charge in [0, 0.05) is 21.1 Å². The second-order valence-corrected chi connectivity index (χ2v) is 3.44. The van der Waals surface area contributed by atoms with Crippen LogP contribution in [0, 0.1) is 13.0 Å². The van der Waals surface area contributed by atoms with E-state index in [-0.39, 0.29) is 21.1 Å². The molecule has 0 saturated carbocycles. The van der Waals surface area contributed by atoms with Crippen LogP contribution in [0.15, 0.2) is 54.6 Å². The zero-order valence-corrected chi connectivity index (χ0v) is 16.7. The third kappa shape index (κ3) is 13.9. The Morgan fingerprint density at radius 3 is 1.55 bits per heavy atom. The zero-order chi connectivity index (χ0) is 16.7. The van der Waals surface area contributed by atoms with E-state index < -0.39 is 11.7 Å². The standard InChI is InChI=1S/C7H4F3.C7H8.2C2H6.W/c8-7(9,10)6-4-2-1-3-5-6;1-7-5-3-2-4-6-7;2*1-2;/h1-2,4-5H;2-6H,1H3;2*1-2H3;/q-1;;;;. The molecule has 2 rings (SSSR count). The Hall–Kier alpha value is -1.08. The molecule has 2 aromatic carbocycles. The summed E-state index contributed by atoms with van der Waals surface area (Å²) >= 11 is 0. The van der Waals surface area contributed by atoms with E-state index in [1.807, 2.05) is 45.9 Å². The second kappa shape index (κ2) is 16.3. The molecule has 0 nitrogen and oxygen atoms in total. The van der Waals surface area contributed by atoms with Crippen molar-refractivity contribution in [2.45, 2.75) is 40.8 Å². The predicted molar refractivity (Wildman–Crippen MR) is 84.2 cm³/mol. The number of benzene rings is 2. The van der Waals surface area contributed by atoms with E-state index in [9.17, 15) is 13.2 Å². The third-order valence-electron chi connectivity index (χ3n) is 1.97. The summed E-state index contributed by atoms with van der Waals surface area (Å²) in [6.07, 6.45) is -4.24. The minimum Gasteiger partial charge on any atom is -0.183 e. The van der Waals surface area contributed by atoms with Crippen molar-refractivity contribution in [1.29, 1.82) is 0 Å². The van der Waals surface area contributed by atoms with Gasteiger partial charge in [-0.05, 0) is 6.92 Å².